The maximum Gasteiger partial charge on any atom is 0.338 e. The third kappa shape index (κ3) is 3.86. The van der Waals surface area contributed by atoms with Crippen LogP contribution in [-0.2, 0) is 9.53 Å². The van der Waals surface area contributed by atoms with Crippen molar-refractivity contribution in [2.75, 3.05) is 5.32 Å². The van der Waals surface area contributed by atoms with Gasteiger partial charge in [-0.15, -0.1) is 0 Å². The van der Waals surface area contributed by atoms with E-state index in [1.807, 2.05) is 6.07 Å². The number of aromatic nitrogens is 4. The normalized spacial score (nSPS) is 11.9. The van der Waals surface area contributed by atoms with Crippen LogP contribution in [0.25, 0.3) is 16.7 Å². The smallest absolute Gasteiger partial charge is 0.338 e. The molecule has 0 fully saturated rings. The number of hydrogen-bond acceptors (Lipinski definition) is 5. The summed E-state index contributed by atoms with van der Waals surface area (Å²) in [5, 5.41) is 5.43. The number of carbonyl (C=O) groups excluding carboxylic acids is 2. The van der Waals surface area contributed by atoms with Gasteiger partial charge in [-0.05, 0) is 36.8 Å². The van der Waals surface area contributed by atoms with Crippen LogP contribution in [0.15, 0.2) is 65.7 Å². The van der Waals surface area contributed by atoms with Gasteiger partial charge in [0.2, 0.25) is 0 Å². The largest absolute Gasteiger partial charge is 0.449 e. The number of ether oxygens (including phenoxy) is 1. The molecule has 3 N–H and O–H groups in total. The van der Waals surface area contributed by atoms with Crippen molar-refractivity contribution >= 4 is 28.7 Å². The molecule has 152 valence electrons. The molecule has 4 rings (SSSR count). The fourth-order valence-corrected chi connectivity index (χ4v) is 3.02. The average molecular weight is 405 g/mol. The summed E-state index contributed by atoms with van der Waals surface area (Å²) in [7, 11) is 0. The maximum absolute atomic E-state index is 12.6. The van der Waals surface area contributed by atoms with E-state index in [4.69, 9.17) is 4.74 Å². The number of nitrogens with one attached hydrogen (secondary N) is 3. The number of amides is 1. The monoisotopic (exact) mass is 405 g/mol. The van der Waals surface area contributed by atoms with Crippen LogP contribution in [0.4, 0.5) is 5.82 Å². The molecule has 0 spiro atoms. The molecule has 0 aliphatic rings. The third-order valence-corrected chi connectivity index (χ3v) is 4.56. The van der Waals surface area contributed by atoms with Crippen molar-refractivity contribution in [1.82, 2.24) is 19.7 Å². The molecule has 0 radical (unpaired) electrons. The zero-order valence-electron chi connectivity index (χ0n) is 16.1. The van der Waals surface area contributed by atoms with Crippen molar-refractivity contribution in [2.45, 2.75) is 19.4 Å². The van der Waals surface area contributed by atoms with Crippen LogP contribution in [0.1, 0.15) is 23.7 Å². The fraction of sp³-hybridized carbons (Fsp3) is 0.143. The highest BCUT2D eigenvalue weighted by atomic mass is 16.5. The molecule has 2 aromatic carbocycles. The Balaban J connectivity index is 1.46. The Hall–Kier alpha value is -4.14. The second-order valence-electron chi connectivity index (χ2n) is 6.60. The van der Waals surface area contributed by atoms with Crippen LogP contribution in [-0.4, -0.2) is 37.7 Å². The van der Waals surface area contributed by atoms with Gasteiger partial charge < -0.3 is 15.0 Å². The summed E-state index contributed by atoms with van der Waals surface area (Å²) >= 11 is 0. The summed E-state index contributed by atoms with van der Waals surface area (Å²) < 4.78 is 6.69. The molecule has 0 saturated carbocycles. The first kappa shape index (κ1) is 19.2. The Morgan fingerprint density at radius 2 is 1.97 bits per heavy atom. The third-order valence-electron chi connectivity index (χ3n) is 4.56. The Bertz CT molecular complexity index is 1260. The summed E-state index contributed by atoms with van der Waals surface area (Å²) in [6.45, 7) is 1.73. The predicted molar refractivity (Wildman–Crippen MR) is 111 cm³/mol. The summed E-state index contributed by atoms with van der Waals surface area (Å²) in [6, 6.07) is 15.1. The lowest BCUT2D eigenvalue weighted by molar-refractivity contribution is -0.124. The summed E-state index contributed by atoms with van der Waals surface area (Å²) in [6.07, 6.45) is 0.788. The molecular weight excluding hydrogens is 386 g/mol. The van der Waals surface area contributed by atoms with Gasteiger partial charge >= 0.3 is 5.97 Å². The lowest BCUT2D eigenvalue weighted by Crippen LogP contribution is -2.32. The van der Waals surface area contributed by atoms with Crippen molar-refractivity contribution in [1.29, 1.82) is 0 Å². The van der Waals surface area contributed by atoms with Crippen LogP contribution in [0.3, 0.4) is 0 Å². The highest BCUT2D eigenvalue weighted by molar-refractivity contribution is 5.98. The highest BCUT2D eigenvalue weighted by Gasteiger charge is 2.23. The molecule has 9 heteroatoms. The van der Waals surface area contributed by atoms with Crippen molar-refractivity contribution in [3.8, 4) is 5.69 Å². The lowest BCUT2D eigenvalue weighted by Gasteiger charge is -2.15. The van der Waals surface area contributed by atoms with Gasteiger partial charge in [-0.2, -0.15) is 0 Å². The summed E-state index contributed by atoms with van der Waals surface area (Å²) in [5.74, 6) is -0.944. The zero-order chi connectivity index (χ0) is 21.1. The van der Waals surface area contributed by atoms with E-state index in [0.29, 0.717) is 16.8 Å². The average Bonchev–Trinajstić information content (AvgIpc) is 3.37. The van der Waals surface area contributed by atoms with E-state index in [9.17, 15) is 14.4 Å². The topological polar surface area (TPSA) is 122 Å². The number of hydrogen-bond donors (Lipinski definition) is 3. The Morgan fingerprint density at radius 1 is 1.17 bits per heavy atom. The molecule has 0 aliphatic heterocycles. The van der Waals surface area contributed by atoms with Gasteiger partial charge in [0.15, 0.2) is 6.10 Å². The van der Waals surface area contributed by atoms with Crippen molar-refractivity contribution in [2.24, 2.45) is 0 Å². The van der Waals surface area contributed by atoms with Crippen LogP contribution in [0.5, 0.6) is 0 Å². The second-order valence-corrected chi connectivity index (χ2v) is 6.60. The van der Waals surface area contributed by atoms with Crippen LogP contribution < -0.4 is 10.9 Å². The minimum absolute atomic E-state index is 0.210. The molecule has 0 bridgehead atoms. The van der Waals surface area contributed by atoms with Gasteiger partial charge in [-0.3, -0.25) is 14.7 Å². The van der Waals surface area contributed by atoms with E-state index in [0.717, 1.165) is 5.52 Å². The zero-order valence-corrected chi connectivity index (χ0v) is 16.1. The number of H-pyrrole nitrogens is 2. The standard InChI is InChI=1S/C21H19N5O4/c1-2-17(30-21(29)13-8-9-15-16(10-13)23-12-22-15)20(28)24-18-11-19(27)26(25-18)14-6-4-3-5-7-14/h3-12,17,25H,2H2,1H3,(H,22,23)(H,24,28). The highest BCUT2D eigenvalue weighted by Crippen LogP contribution is 2.15. The molecular formula is C21H19N5O4. The number of nitrogens with zero attached hydrogens (tertiary/aromatic N) is 2. The van der Waals surface area contributed by atoms with E-state index in [2.05, 4.69) is 20.4 Å². The Morgan fingerprint density at radius 3 is 2.73 bits per heavy atom. The number of fused-ring (bicyclic) bond motifs is 1. The molecule has 0 saturated heterocycles. The quantitative estimate of drug-likeness (QED) is 0.426. The maximum atomic E-state index is 12.6. The first-order chi connectivity index (χ1) is 14.5. The van der Waals surface area contributed by atoms with Crippen LogP contribution in [0, 0.1) is 0 Å². The molecule has 1 unspecified atom stereocenters. The number of esters is 1. The molecule has 1 amide bonds. The molecule has 0 aliphatic carbocycles. The van der Waals surface area contributed by atoms with Crippen LogP contribution >= 0.6 is 0 Å². The van der Waals surface area contributed by atoms with Crippen LogP contribution in [0.2, 0.25) is 0 Å². The van der Waals surface area contributed by atoms with E-state index in [1.165, 1.54) is 17.1 Å². The number of imidazole rings is 1. The fourth-order valence-electron chi connectivity index (χ4n) is 3.02. The molecule has 4 aromatic rings. The van der Waals surface area contributed by atoms with Gasteiger partial charge in [-0.25, -0.2) is 14.5 Å². The SMILES string of the molecule is CCC(OC(=O)c1ccc2nc[nH]c2c1)C(=O)Nc1cc(=O)n(-c2ccccc2)[nH]1. The number of carbonyl (C=O) groups is 2. The van der Waals surface area contributed by atoms with Gasteiger partial charge in [-0.1, -0.05) is 25.1 Å². The van der Waals surface area contributed by atoms with Gasteiger partial charge in [0.1, 0.15) is 5.82 Å². The molecule has 1 atom stereocenters. The molecule has 2 heterocycles. The Kier molecular flexibility index (Phi) is 5.17. The van der Waals surface area contributed by atoms with E-state index in [-0.39, 0.29) is 17.8 Å². The summed E-state index contributed by atoms with van der Waals surface area (Å²) in [4.78, 5) is 44.3. The Labute approximate surface area is 170 Å². The van der Waals surface area contributed by atoms with E-state index >= 15 is 0 Å². The molecule has 30 heavy (non-hydrogen) atoms. The minimum Gasteiger partial charge on any atom is -0.449 e. The predicted octanol–water partition coefficient (Wildman–Crippen LogP) is 2.62. The minimum atomic E-state index is -1.02. The number of benzene rings is 2. The summed E-state index contributed by atoms with van der Waals surface area (Å²) in [5.41, 5.74) is 2.04. The van der Waals surface area contributed by atoms with E-state index < -0.39 is 18.0 Å². The van der Waals surface area contributed by atoms with Crippen molar-refractivity contribution < 1.29 is 14.3 Å². The number of para-hydroxylation sites is 1. The van der Waals surface area contributed by atoms with Gasteiger partial charge in [0, 0.05) is 6.07 Å². The van der Waals surface area contributed by atoms with Gasteiger partial charge in [0.05, 0.1) is 28.6 Å². The van der Waals surface area contributed by atoms with E-state index in [1.54, 1.807) is 49.4 Å². The first-order valence-corrected chi connectivity index (χ1v) is 9.37. The molecule has 2 aromatic heterocycles. The van der Waals surface area contributed by atoms with Gasteiger partial charge in [0.25, 0.3) is 11.5 Å². The molecule has 9 nitrogen and oxygen atoms in total. The lowest BCUT2D eigenvalue weighted by atomic mass is 10.2. The first-order valence-electron chi connectivity index (χ1n) is 9.37. The number of aromatic amines is 2. The second kappa shape index (κ2) is 8.08. The number of anilines is 1. The van der Waals surface area contributed by atoms with Crippen molar-refractivity contribution in [3.63, 3.8) is 0 Å². The van der Waals surface area contributed by atoms with Crippen molar-refractivity contribution in [3.05, 3.63) is 76.8 Å². The number of rotatable bonds is 6.